The van der Waals surface area contributed by atoms with Crippen LogP contribution in [0.25, 0.3) is 0 Å². The number of amides is 1. The number of carboxylic acids is 1. The molecule has 0 atom stereocenters. The number of anilines is 1. The molecule has 0 fully saturated rings. The van der Waals surface area contributed by atoms with Crippen molar-refractivity contribution in [3.63, 3.8) is 0 Å². The zero-order chi connectivity index (χ0) is 14.7. The number of aromatic nitrogens is 1. The molecule has 0 saturated carbocycles. The van der Waals surface area contributed by atoms with Gasteiger partial charge in [0.15, 0.2) is 5.43 Å². The fourth-order valence-electron chi connectivity index (χ4n) is 1.59. The molecule has 0 aliphatic heterocycles. The maximum atomic E-state index is 12.0. The van der Waals surface area contributed by atoms with Crippen LogP contribution in [0.1, 0.15) is 20.7 Å². The Hall–Kier alpha value is -2.41. The molecule has 1 aromatic carbocycles. The lowest BCUT2D eigenvalue weighted by Gasteiger charge is -2.08. The second-order valence-corrected chi connectivity index (χ2v) is 4.79. The maximum Gasteiger partial charge on any atom is 0.337 e. The second-order valence-electron chi connectivity index (χ2n) is 3.87. The molecule has 7 heteroatoms. The van der Waals surface area contributed by atoms with E-state index in [0.717, 1.165) is 0 Å². The zero-order valence-electron chi connectivity index (χ0n) is 10.0. The lowest BCUT2D eigenvalue weighted by atomic mass is 10.1. The lowest BCUT2D eigenvalue weighted by molar-refractivity contribution is 0.0698. The molecule has 3 N–H and O–H groups in total. The van der Waals surface area contributed by atoms with Crippen LogP contribution in [0.3, 0.4) is 0 Å². The normalized spacial score (nSPS) is 10.1. The molecule has 2 aromatic rings. The summed E-state index contributed by atoms with van der Waals surface area (Å²) in [5, 5.41) is 11.5. The number of carbonyl (C=O) groups excluding carboxylic acids is 1. The van der Waals surface area contributed by atoms with Gasteiger partial charge in [-0.3, -0.25) is 9.59 Å². The Labute approximate surface area is 121 Å². The molecule has 2 rings (SSSR count). The Morgan fingerprint density at radius 1 is 1.20 bits per heavy atom. The van der Waals surface area contributed by atoms with E-state index >= 15 is 0 Å². The topological polar surface area (TPSA) is 99.3 Å². The van der Waals surface area contributed by atoms with E-state index in [2.05, 4.69) is 26.2 Å². The van der Waals surface area contributed by atoms with Gasteiger partial charge in [0.2, 0.25) is 0 Å². The summed E-state index contributed by atoms with van der Waals surface area (Å²) in [4.78, 5) is 37.2. The van der Waals surface area contributed by atoms with Gasteiger partial charge in [0.1, 0.15) is 5.56 Å². The van der Waals surface area contributed by atoms with Gasteiger partial charge in [0.05, 0.1) is 11.3 Å². The first-order valence-electron chi connectivity index (χ1n) is 5.50. The number of rotatable bonds is 3. The van der Waals surface area contributed by atoms with Crippen LogP contribution in [0.5, 0.6) is 0 Å². The van der Waals surface area contributed by atoms with Gasteiger partial charge in [0, 0.05) is 22.9 Å². The average molecular weight is 337 g/mol. The van der Waals surface area contributed by atoms with E-state index < -0.39 is 17.3 Å². The molecule has 0 unspecified atom stereocenters. The fraction of sp³-hybridized carbons (Fsp3) is 0. The number of carbonyl (C=O) groups is 2. The third kappa shape index (κ3) is 2.94. The van der Waals surface area contributed by atoms with Gasteiger partial charge in [-0.2, -0.15) is 0 Å². The van der Waals surface area contributed by atoms with Crippen molar-refractivity contribution in [3.8, 4) is 0 Å². The molecule has 0 aliphatic rings. The van der Waals surface area contributed by atoms with Crippen molar-refractivity contribution in [1.82, 2.24) is 4.98 Å². The number of pyridine rings is 1. The minimum atomic E-state index is -1.18. The van der Waals surface area contributed by atoms with E-state index in [1.54, 1.807) is 6.07 Å². The molecule has 0 spiro atoms. The van der Waals surface area contributed by atoms with E-state index in [1.165, 1.54) is 30.6 Å². The van der Waals surface area contributed by atoms with Crippen molar-refractivity contribution in [1.29, 1.82) is 0 Å². The van der Waals surface area contributed by atoms with E-state index in [4.69, 9.17) is 5.11 Å². The van der Waals surface area contributed by atoms with Crippen LogP contribution in [0.4, 0.5) is 5.69 Å². The standard InChI is InChI=1S/C13H9BrN2O4/c14-7-1-2-10(8(5-7)13(19)20)16-12(18)9-6-15-4-3-11(9)17/h1-6H,(H,15,17)(H,16,18)(H,19,20). The molecule has 1 heterocycles. The van der Waals surface area contributed by atoms with Crippen molar-refractivity contribution in [2.45, 2.75) is 0 Å². The molecule has 1 amide bonds. The molecule has 6 nitrogen and oxygen atoms in total. The SMILES string of the molecule is O=C(O)c1cc(Br)ccc1NC(=O)c1c[nH]ccc1=O. The Morgan fingerprint density at radius 3 is 2.60 bits per heavy atom. The van der Waals surface area contributed by atoms with Gasteiger partial charge in [-0.05, 0) is 18.2 Å². The monoisotopic (exact) mass is 336 g/mol. The predicted octanol–water partition coefficient (Wildman–Crippen LogP) is 2.09. The number of benzene rings is 1. The summed E-state index contributed by atoms with van der Waals surface area (Å²) in [6, 6.07) is 5.63. The van der Waals surface area contributed by atoms with Gasteiger partial charge in [-0.15, -0.1) is 0 Å². The van der Waals surface area contributed by atoms with Crippen molar-refractivity contribution < 1.29 is 14.7 Å². The summed E-state index contributed by atoms with van der Waals surface area (Å²) in [5.41, 5.74) is -0.490. The first-order chi connectivity index (χ1) is 9.49. The third-order valence-electron chi connectivity index (χ3n) is 2.53. The minimum absolute atomic E-state index is 0.0694. The van der Waals surface area contributed by atoms with Gasteiger partial charge in [0.25, 0.3) is 5.91 Å². The van der Waals surface area contributed by atoms with Crippen molar-refractivity contribution in [2.24, 2.45) is 0 Å². The molecular formula is C13H9BrN2O4. The Balaban J connectivity index is 2.36. The van der Waals surface area contributed by atoms with Gasteiger partial charge < -0.3 is 15.4 Å². The number of nitrogens with one attached hydrogen (secondary N) is 2. The zero-order valence-corrected chi connectivity index (χ0v) is 11.6. The molecular weight excluding hydrogens is 328 g/mol. The summed E-state index contributed by atoms with van der Waals surface area (Å²) in [5.74, 6) is -1.85. The molecule has 102 valence electrons. The summed E-state index contributed by atoms with van der Waals surface area (Å²) in [7, 11) is 0. The summed E-state index contributed by atoms with van der Waals surface area (Å²) >= 11 is 3.16. The van der Waals surface area contributed by atoms with Gasteiger partial charge in [-0.25, -0.2) is 4.79 Å². The summed E-state index contributed by atoms with van der Waals surface area (Å²) < 4.78 is 0.574. The molecule has 0 bridgehead atoms. The highest BCUT2D eigenvalue weighted by Crippen LogP contribution is 2.21. The first-order valence-corrected chi connectivity index (χ1v) is 6.29. The molecule has 1 aromatic heterocycles. The molecule has 20 heavy (non-hydrogen) atoms. The maximum absolute atomic E-state index is 12.0. The van der Waals surface area contributed by atoms with E-state index in [0.29, 0.717) is 4.47 Å². The van der Waals surface area contributed by atoms with Gasteiger partial charge >= 0.3 is 5.97 Å². The van der Waals surface area contributed by atoms with Crippen molar-refractivity contribution in [3.05, 3.63) is 62.5 Å². The number of carboxylic acid groups (broad SMARTS) is 1. The number of hydrogen-bond donors (Lipinski definition) is 3. The van der Waals surface area contributed by atoms with Crippen LogP contribution in [-0.2, 0) is 0 Å². The first kappa shape index (κ1) is 14.0. The second kappa shape index (κ2) is 5.70. The Kier molecular flexibility index (Phi) is 3.99. The van der Waals surface area contributed by atoms with Crippen LogP contribution < -0.4 is 10.7 Å². The Morgan fingerprint density at radius 2 is 1.95 bits per heavy atom. The smallest absolute Gasteiger partial charge is 0.337 e. The predicted molar refractivity (Wildman–Crippen MR) is 76.1 cm³/mol. The Bertz CT molecular complexity index is 739. The van der Waals surface area contributed by atoms with Crippen LogP contribution in [0, 0.1) is 0 Å². The quantitative estimate of drug-likeness (QED) is 0.798. The number of halogens is 1. The van der Waals surface area contributed by atoms with Crippen LogP contribution in [0.15, 0.2) is 45.9 Å². The lowest BCUT2D eigenvalue weighted by Crippen LogP contribution is -2.22. The van der Waals surface area contributed by atoms with Crippen LogP contribution >= 0.6 is 15.9 Å². The number of hydrogen-bond acceptors (Lipinski definition) is 3. The van der Waals surface area contributed by atoms with E-state index in [-0.39, 0.29) is 16.8 Å². The molecule has 0 radical (unpaired) electrons. The number of aromatic amines is 1. The number of H-pyrrole nitrogens is 1. The largest absolute Gasteiger partial charge is 0.478 e. The van der Waals surface area contributed by atoms with Gasteiger partial charge in [-0.1, -0.05) is 15.9 Å². The van der Waals surface area contributed by atoms with Crippen molar-refractivity contribution >= 4 is 33.5 Å². The van der Waals surface area contributed by atoms with E-state index in [1.807, 2.05) is 0 Å². The minimum Gasteiger partial charge on any atom is -0.478 e. The van der Waals surface area contributed by atoms with Crippen molar-refractivity contribution in [2.75, 3.05) is 5.32 Å². The fourth-order valence-corrected chi connectivity index (χ4v) is 1.95. The van der Waals surface area contributed by atoms with Crippen LogP contribution in [0.2, 0.25) is 0 Å². The highest BCUT2D eigenvalue weighted by molar-refractivity contribution is 9.10. The summed E-state index contributed by atoms with van der Waals surface area (Å²) in [6.45, 7) is 0. The van der Waals surface area contributed by atoms with E-state index in [9.17, 15) is 14.4 Å². The van der Waals surface area contributed by atoms with Crippen LogP contribution in [-0.4, -0.2) is 22.0 Å². The third-order valence-corrected chi connectivity index (χ3v) is 3.02. The number of aromatic carboxylic acids is 1. The molecule has 0 aliphatic carbocycles. The highest BCUT2D eigenvalue weighted by Gasteiger charge is 2.15. The molecule has 0 saturated heterocycles. The average Bonchev–Trinajstić information content (AvgIpc) is 2.41. The summed E-state index contributed by atoms with van der Waals surface area (Å²) in [6.07, 6.45) is 2.67. The highest BCUT2D eigenvalue weighted by atomic mass is 79.9.